The molecule has 2 heterocycles. The van der Waals surface area contributed by atoms with E-state index in [1.54, 1.807) is 6.33 Å². The van der Waals surface area contributed by atoms with Crippen molar-refractivity contribution in [1.82, 2.24) is 9.97 Å². The number of rotatable bonds is 5. The number of thioether (sulfide) groups is 1. The number of nitrogens with one attached hydrogen (secondary N) is 1. The van der Waals surface area contributed by atoms with E-state index in [4.69, 9.17) is 4.74 Å². The van der Waals surface area contributed by atoms with Crippen LogP contribution in [0.3, 0.4) is 0 Å². The lowest BCUT2D eigenvalue weighted by Crippen LogP contribution is -2.20. The van der Waals surface area contributed by atoms with Gasteiger partial charge in [-0.05, 0) is 44.1 Å². The second-order valence-electron chi connectivity index (χ2n) is 4.52. The molecule has 0 bridgehead atoms. The fraction of sp³-hybridized carbons (Fsp3) is 0.692. The van der Waals surface area contributed by atoms with E-state index >= 15 is 0 Å². The molecule has 1 aromatic heterocycles. The highest BCUT2D eigenvalue weighted by Crippen LogP contribution is 2.24. The van der Waals surface area contributed by atoms with Gasteiger partial charge in [0.15, 0.2) is 0 Å². The SMILES string of the molecule is CCOc1ncnc(NCC2CCSCC2)c1C. The molecule has 1 aliphatic heterocycles. The molecule has 0 aliphatic carbocycles. The van der Waals surface area contributed by atoms with Crippen LogP contribution in [0.4, 0.5) is 5.82 Å². The molecule has 0 atom stereocenters. The Morgan fingerprint density at radius 2 is 2.17 bits per heavy atom. The van der Waals surface area contributed by atoms with Gasteiger partial charge in [-0.15, -0.1) is 0 Å². The first-order valence-electron chi connectivity index (χ1n) is 6.57. The third kappa shape index (κ3) is 3.51. The van der Waals surface area contributed by atoms with E-state index in [1.165, 1.54) is 24.3 Å². The van der Waals surface area contributed by atoms with Crippen LogP contribution < -0.4 is 10.1 Å². The molecule has 5 heteroatoms. The molecule has 1 fully saturated rings. The minimum atomic E-state index is 0.636. The molecule has 1 N–H and O–H groups in total. The standard InChI is InChI=1S/C13H21N3OS/c1-3-17-13-10(2)12(15-9-16-13)14-8-11-4-6-18-7-5-11/h9,11H,3-8H2,1-2H3,(H,14,15,16). The number of ether oxygens (including phenoxy) is 1. The maximum atomic E-state index is 5.47. The molecule has 2 rings (SSSR count). The average molecular weight is 267 g/mol. The summed E-state index contributed by atoms with van der Waals surface area (Å²) >= 11 is 2.06. The summed E-state index contributed by atoms with van der Waals surface area (Å²) in [6.45, 7) is 5.61. The molecular formula is C13H21N3OS. The minimum Gasteiger partial charge on any atom is -0.478 e. The van der Waals surface area contributed by atoms with Crippen molar-refractivity contribution in [2.75, 3.05) is 30.0 Å². The van der Waals surface area contributed by atoms with Gasteiger partial charge in [0, 0.05) is 6.54 Å². The number of hydrogen-bond acceptors (Lipinski definition) is 5. The zero-order chi connectivity index (χ0) is 12.8. The van der Waals surface area contributed by atoms with Gasteiger partial charge in [-0.2, -0.15) is 11.8 Å². The Hall–Kier alpha value is -0.970. The molecule has 4 nitrogen and oxygen atoms in total. The summed E-state index contributed by atoms with van der Waals surface area (Å²) in [7, 11) is 0. The van der Waals surface area contributed by atoms with Crippen molar-refractivity contribution in [2.24, 2.45) is 5.92 Å². The third-order valence-corrected chi connectivity index (χ3v) is 4.27. The molecule has 0 radical (unpaired) electrons. The van der Waals surface area contributed by atoms with Crippen LogP contribution >= 0.6 is 11.8 Å². The molecule has 1 saturated heterocycles. The van der Waals surface area contributed by atoms with E-state index in [-0.39, 0.29) is 0 Å². The van der Waals surface area contributed by atoms with Gasteiger partial charge in [0.05, 0.1) is 12.2 Å². The maximum absolute atomic E-state index is 5.47. The second kappa shape index (κ2) is 6.83. The van der Waals surface area contributed by atoms with Crippen LogP contribution in [0, 0.1) is 12.8 Å². The van der Waals surface area contributed by atoms with E-state index in [2.05, 4.69) is 27.0 Å². The molecule has 0 aromatic carbocycles. The largest absolute Gasteiger partial charge is 0.478 e. The van der Waals surface area contributed by atoms with Gasteiger partial charge in [0.25, 0.3) is 0 Å². The Morgan fingerprint density at radius 1 is 1.39 bits per heavy atom. The third-order valence-electron chi connectivity index (χ3n) is 3.22. The predicted octanol–water partition coefficient (Wildman–Crippen LogP) is 2.74. The number of nitrogens with zero attached hydrogens (tertiary/aromatic N) is 2. The van der Waals surface area contributed by atoms with E-state index in [0.29, 0.717) is 12.5 Å². The first kappa shape index (κ1) is 13.5. The van der Waals surface area contributed by atoms with Gasteiger partial charge in [-0.1, -0.05) is 0 Å². The number of hydrogen-bond donors (Lipinski definition) is 1. The van der Waals surface area contributed by atoms with Crippen LogP contribution in [0.25, 0.3) is 0 Å². The molecule has 0 unspecified atom stereocenters. The van der Waals surface area contributed by atoms with Crippen molar-refractivity contribution in [3.05, 3.63) is 11.9 Å². The Bertz CT molecular complexity index is 380. The average Bonchev–Trinajstić information content (AvgIpc) is 2.41. The van der Waals surface area contributed by atoms with E-state index in [9.17, 15) is 0 Å². The van der Waals surface area contributed by atoms with Gasteiger partial charge >= 0.3 is 0 Å². The highest BCUT2D eigenvalue weighted by atomic mass is 32.2. The molecule has 1 aromatic rings. The Balaban J connectivity index is 1.93. The quantitative estimate of drug-likeness (QED) is 0.889. The zero-order valence-electron chi connectivity index (χ0n) is 11.1. The summed E-state index contributed by atoms with van der Waals surface area (Å²) < 4.78 is 5.47. The summed E-state index contributed by atoms with van der Waals surface area (Å²) in [6, 6.07) is 0. The topological polar surface area (TPSA) is 47.0 Å². The van der Waals surface area contributed by atoms with Gasteiger partial charge in [-0.3, -0.25) is 0 Å². The summed E-state index contributed by atoms with van der Waals surface area (Å²) in [5.74, 6) is 4.95. The number of aromatic nitrogens is 2. The first-order valence-corrected chi connectivity index (χ1v) is 7.72. The van der Waals surface area contributed by atoms with Crippen molar-refractivity contribution < 1.29 is 4.74 Å². The highest BCUT2D eigenvalue weighted by Gasteiger charge is 2.14. The fourth-order valence-corrected chi connectivity index (χ4v) is 3.29. The van der Waals surface area contributed by atoms with Gasteiger partial charge in [0.1, 0.15) is 12.1 Å². The minimum absolute atomic E-state index is 0.636. The second-order valence-corrected chi connectivity index (χ2v) is 5.75. The highest BCUT2D eigenvalue weighted by molar-refractivity contribution is 7.99. The van der Waals surface area contributed by atoms with Crippen LogP contribution in [0.2, 0.25) is 0 Å². The molecular weight excluding hydrogens is 246 g/mol. The predicted molar refractivity (Wildman–Crippen MR) is 76.5 cm³/mol. The Kier molecular flexibility index (Phi) is 5.11. The lowest BCUT2D eigenvalue weighted by molar-refractivity contribution is 0.324. The smallest absolute Gasteiger partial charge is 0.221 e. The lowest BCUT2D eigenvalue weighted by atomic mass is 10.0. The van der Waals surface area contributed by atoms with Gasteiger partial charge < -0.3 is 10.1 Å². The van der Waals surface area contributed by atoms with Crippen molar-refractivity contribution in [2.45, 2.75) is 26.7 Å². The zero-order valence-corrected chi connectivity index (χ0v) is 11.9. The van der Waals surface area contributed by atoms with Crippen LogP contribution in [-0.2, 0) is 0 Å². The van der Waals surface area contributed by atoms with Gasteiger partial charge in [-0.25, -0.2) is 9.97 Å². The summed E-state index contributed by atoms with van der Waals surface area (Å²) in [6.07, 6.45) is 4.18. The molecule has 0 saturated carbocycles. The first-order chi connectivity index (χ1) is 8.81. The van der Waals surface area contributed by atoms with Crippen molar-refractivity contribution in [3.8, 4) is 5.88 Å². The van der Waals surface area contributed by atoms with Crippen LogP contribution in [0.1, 0.15) is 25.3 Å². The fourth-order valence-electron chi connectivity index (χ4n) is 2.09. The summed E-state index contributed by atoms with van der Waals surface area (Å²) in [4.78, 5) is 8.44. The van der Waals surface area contributed by atoms with E-state index in [0.717, 1.165) is 23.8 Å². The van der Waals surface area contributed by atoms with E-state index < -0.39 is 0 Å². The van der Waals surface area contributed by atoms with Crippen LogP contribution in [0.5, 0.6) is 5.88 Å². The molecule has 18 heavy (non-hydrogen) atoms. The maximum Gasteiger partial charge on any atom is 0.221 e. The van der Waals surface area contributed by atoms with Gasteiger partial charge in [0.2, 0.25) is 5.88 Å². The van der Waals surface area contributed by atoms with Crippen molar-refractivity contribution in [3.63, 3.8) is 0 Å². The Morgan fingerprint density at radius 3 is 2.89 bits per heavy atom. The molecule has 0 spiro atoms. The molecule has 1 aliphatic rings. The van der Waals surface area contributed by atoms with Crippen molar-refractivity contribution in [1.29, 1.82) is 0 Å². The Labute approximate surface area is 113 Å². The molecule has 100 valence electrons. The summed E-state index contributed by atoms with van der Waals surface area (Å²) in [5.41, 5.74) is 1.00. The van der Waals surface area contributed by atoms with Crippen LogP contribution in [-0.4, -0.2) is 34.6 Å². The normalized spacial score (nSPS) is 16.6. The lowest BCUT2D eigenvalue weighted by Gasteiger charge is -2.22. The van der Waals surface area contributed by atoms with Crippen LogP contribution in [0.15, 0.2) is 6.33 Å². The summed E-state index contributed by atoms with van der Waals surface area (Å²) in [5, 5.41) is 3.44. The molecule has 0 amide bonds. The van der Waals surface area contributed by atoms with E-state index in [1.807, 2.05) is 13.8 Å². The van der Waals surface area contributed by atoms with Crippen molar-refractivity contribution >= 4 is 17.6 Å². The number of anilines is 1. The monoisotopic (exact) mass is 267 g/mol.